The van der Waals surface area contributed by atoms with Gasteiger partial charge in [-0.3, -0.25) is 0 Å². The minimum absolute atomic E-state index is 0.178. The number of aliphatic hydroxyl groups excluding tert-OH is 2. The van der Waals surface area contributed by atoms with Crippen LogP contribution >= 0.6 is 0 Å². The first-order chi connectivity index (χ1) is 4.79. The smallest absolute Gasteiger partial charge is 0.113 e. The van der Waals surface area contributed by atoms with Gasteiger partial charge in [0.05, 0.1) is 13.5 Å². The first kappa shape index (κ1) is 9.84. The summed E-state index contributed by atoms with van der Waals surface area (Å²) in [6.07, 6.45) is 0.562. The fourth-order valence-electron chi connectivity index (χ4n) is 0.801. The van der Waals surface area contributed by atoms with E-state index in [0.717, 1.165) is 6.42 Å². The molecular weight excluding hydrogens is 134 g/mol. The van der Waals surface area contributed by atoms with Crippen molar-refractivity contribution >= 4 is 0 Å². The molecule has 4 heteroatoms. The topological polar surface area (TPSA) is 52.9 Å². The Hall–Kier alpha value is -0.160. The lowest BCUT2D eigenvalue weighted by Gasteiger charge is -2.24. The molecule has 0 aromatic carbocycles. The van der Waals surface area contributed by atoms with Crippen molar-refractivity contribution in [2.75, 3.05) is 20.6 Å². The maximum Gasteiger partial charge on any atom is 0.113 e. The standard InChI is InChI=1S/C6H15NO3/c1-3-6(10-2)7(4-8)5-9/h6,8-9H,3-5H2,1-2H3. The quantitative estimate of drug-likeness (QED) is 0.521. The molecule has 10 heavy (non-hydrogen) atoms. The fraction of sp³-hybridized carbons (Fsp3) is 1.00. The number of nitrogens with zero attached hydrogens (tertiary/aromatic N) is 1. The van der Waals surface area contributed by atoms with E-state index < -0.39 is 0 Å². The van der Waals surface area contributed by atoms with Crippen molar-refractivity contribution in [1.82, 2.24) is 4.90 Å². The van der Waals surface area contributed by atoms with Gasteiger partial charge in [0.1, 0.15) is 6.23 Å². The second-order valence-corrected chi connectivity index (χ2v) is 1.97. The molecule has 62 valence electrons. The molecule has 0 saturated heterocycles. The van der Waals surface area contributed by atoms with E-state index in [2.05, 4.69) is 0 Å². The minimum Gasteiger partial charge on any atom is -0.381 e. The van der Waals surface area contributed by atoms with Crippen LogP contribution in [0.15, 0.2) is 0 Å². The van der Waals surface area contributed by atoms with Crippen LogP contribution in [-0.2, 0) is 4.74 Å². The average molecular weight is 149 g/mol. The Morgan fingerprint density at radius 2 is 1.90 bits per heavy atom. The molecule has 1 atom stereocenters. The van der Waals surface area contributed by atoms with E-state index in [1.54, 1.807) is 7.11 Å². The van der Waals surface area contributed by atoms with E-state index in [1.807, 2.05) is 6.92 Å². The monoisotopic (exact) mass is 149 g/mol. The molecule has 0 amide bonds. The molecule has 0 radical (unpaired) electrons. The summed E-state index contributed by atoms with van der Waals surface area (Å²) in [5.41, 5.74) is 0. The van der Waals surface area contributed by atoms with E-state index >= 15 is 0 Å². The van der Waals surface area contributed by atoms with Crippen LogP contribution in [0.1, 0.15) is 13.3 Å². The zero-order valence-electron chi connectivity index (χ0n) is 6.45. The predicted octanol–water partition coefficient (Wildman–Crippen LogP) is -0.430. The molecule has 4 nitrogen and oxygen atoms in total. The highest BCUT2D eigenvalue weighted by molar-refractivity contribution is 4.51. The number of hydrogen-bond acceptors (Lipinski definition) is 4. The van der Waals surface area contributed by atoms with Crippen molar-refractivity contribution in [3.63, 3.8) is 0 Å². The maximum atomic E-state index is 8.64. The van der Waals surface area contributed by atoms with Crippen LogP contribution in [0.5, 0.6) is 0 Å². The van der Waals surface area contributed by atoms with Crippen LogP contribution in [0, 0.1) is 0 Å². The SMILES string of the molecule is CCC(OC)N(CO)CO. The van der Waals surface area contributed by atoms with Crippen LogP contribution in [0.3, 0.4) is 0 Å². The number of hydrogen-bond donors (Lipinski definition) is 2. The lowest BCUT2D eigenvalue weighted by atomic mass is 10.4. The second kappa shape index (κ2) is 5.61. The van der Waals surface area contributed by atoms with Crippen LogP contribution in [-0.4, -0.2) is 41.9 Å². The summed E-state index contributed by atoms with van der Waals surface area (Å²) < 4.78 is 4.95. The van der Waals surface area contributed by atoms with E-state index in [1.165, 1.54) is 4.90 Å². The Balaban J connectivity index is 3.70. The van der Waals surface area contributed by atoms with Crippen molar-refractivity contribution in [2.45, 2.75) is 19.6 Å². The van der Waals surface area contributed by atoms with E-state index in [0.29, 0.717) is 0 Å². The highest BCUT2D eigenvalue weighted by Gasteiger charge is 2.12. The van der Waals surface area contributed by atoms with Gasteiger partial charge in [0, 0.05) is 7.11 Å². The third-order valence-corrected chi connectivity index (χ3v) is 1.39. The van der Waals surface area contributed by atoms with Gasteiger partial charge in [-0.05, 0) is 6.42 Å². The van der Waals surface area contributed by atoms with Gasteiger partial charge in [-0.25, -0.2) is 4.90 Å². The molecule has 0 rings (SSSR count). The van der Waals surface area contributed by atoms with Gasteiger partial charge in [0.2, 0.25) is 0 Å². The van der Waals surface area contributed by atoms with Crippen molar-refractivity contribution in [3.05, 3.63) is 0 Å². The third-order valence-electron chi connectivity index (χ3n) is 1.39. The summed E-state index contributed by atoms with van der Waals surface area (Å²) >= 11 is 0. The van der Waals surface area contributed by atoms with Crippen LogP contribution in [0.25, 0.3) is 0 Å². The zero-order chi connectivity index (χ0) is 7.98. The molecular formula is C6H15NO3. The van der Waals surface area contributed by atoms with Gasteiger partial charge in [0.15, 0.2) is 0 Å². The summed E-state index contributed by atoms with van der Waals surface area (Å²) in [7, 11) is 1.55. The van der Waals surface area contributed by atoms with Crippen LogP contribution in [0.2, 0.25) is 0 Å². The van der Waals surface area contributed by atoms with Gasteiger partial charge in [0.25, 0.3) is 0 Å². The largest absolute Gasteiger partial charge is 0.381 e. The number of ether oxygens (including phenoxy) is 1. The molecule has 1 unspecified atom stereocenters. The summed E-state index contributed by atoms with van der Waals surface area (Å²) in [5, 5.41) is 17.3. The molecule has 2 N–H and O–H groups in total. The first-order valence-corrected chi connectivity index (χ1v) is 3.28. The summed E-state index contributed by atoms with van der Waals surface area (Å²) in [4.78, 5) is 1.42. The zero-order valence-corrected chi connectivity index (χ0v) is 6.45. The highest BCUT2D eigenvalue weighted by Crippen LogP contribution is 2.01. The summed E-state index contributed by atoms with van der Waals surface area (Å²) in [6, 6.07) is 0. The van der Waals surface area contributed by atoms with Gasteiger partial charge in [-0.1, -0.05) is 6.92 Å². The molecule has 0 fully saturated rings. The van der Waals surface area contributed by atoms with E-state index in [4.69, 9.17) is 14.9 Å². The summed E-state index contributed by atoms with van der Waals surface area (Å²) in [6.45, 7) is 1.57. The Bertz CT molecular complexity index is 61.4. The van der Waals surface area contributed by atoms with Crippen molar-refractivity contribution in [2.24, 2.45) is 0 Å². The van der Waals surface area contributed by atoms with Crippen LogP contribution < -0.4 is 0 Å². The molecule has 0 spiro atoms. The molecule has 0 aliphatic rings. The maximum absolute atomic E-state index is 8.64. The number of rotatable bonds is 5. The van der Waals surface area contributed by atoms with Crippen molar-refractivity contribution < 1.29 is 14.9 Å². The second-order valence-electron chi connectivity index (χ2n) is 1.97. The molecule has 0 saturated carbocycles. The molecule has 0 aliphatic heterocycles. The Labute approximate surface area is 61.0 Å². The average Bonchev–Trinajstić information content (AvgIpc) is 2.00. The Morgan fingerprint density at radius 1 is 1.40 bits per heavy atom. The van der Waals surface area contributed by atoms with Gasteiger partial charge < -0.3 is 14.9 Å². The first-order valence-electron chi connectivity index (χ1n) is 3.28. The normalized spacial score (nSPS) is 14.1. The van der Waals surface area contributed by atoms with E-state index in [9.17, 15) is 0 Å². The lowest BCUT2D eigenvalue weighted by Crippen LogP contribution is -2.37. The fourth-order valence-corrected chi connectivity index (χ4v) is 0.801. The molecule has 0 aliphatic carbocycles. The third kappa shape index (κ3) is 2.62. The Morgan fingerprint density at radius 3 is 2.00 bits per heavy atom. The van der Waals surface area contributed by atoms with Crippen molar-refractivity contribution in [1.29, 1.82) is 0 Å². The molecule has 0 bridgehead atoms. The van der Waals surface area contributed by atoms with E-state index in [-0.39, 0.29) is 19.7 Å². The molecule has 0 heterocycles. The Kier molecular flexibility index (Phi) is 5.52. The molecule has 0 aromatic rings. The molecule has 0 aromatic heterocycles. The van der Waals surface area contributed by atoms with Gasteiger partial charge >= 0.3 is 0 Å². The van der Waals surface area contributed by atoms with Crippen molar-refractivity contribution in [3.8, 4) is 0 Å². The minimum atomic E-state index is -0.185. The lowest BCUT2D eigenvalue weighted by molar-refractivity contribution is -0.107. The van der Waals surface area contributed by atoms with Gasteiger partial charge in [-0.2, -0.15) is 0 Å². The van der Waals surface area contributed by atoms with Crippen LogP contribution in [0.4, 0.5) is 0 Å². The highest BCUT2D eigenvalue weighted by atomic mass is 16.5. The predicted molar refractivity (Wildman–Crippen MR) is 37.1 cm³/mol. The number of methoxy groups -OCH3 is 1. The number of aliphatic hydroxyl groups is 2. The summed E-state index contributed by atoms with van der Waals surface area (Å²) in [5.74, 6) is 0. The van der Waals surface area contributed by atoms with Gasteiger partial charge in [-0.15, -0.1) is 0 Å².